The van der Waals surface area contributed by atoms with Crippen LogP contribution in [0.5, 0.6) is 0 Å². The summed E-state index contributed by atoms with van der Waals surface area (Å²) in [7, 11) is -3.69. The lowest BCUT2D eigenvalue weighted by Gasteiger charge is -2.09. The number of sulfonamides is 1. The maximum absolute atomic E-state index is 12.1. The van der Waals surface area contributed by atoms with E-state index in [-0.39, 0.29) is 24.4 Å². The number of thiazole rings is 1. The quantitative estimate of drug-likeness (QED) is 0.388. The highest BCUT2D eigenvalue weighted by atomic mass is 32.2. The van der Waals surface area contributed by atoms with Crippen LogP contribution in [0.1, 0.15) is 12.0 Å². The first kappa shape index (κ1) is 21.7. The SMILES string of the molecule is Cc1ccc(S(=O)(=O)NCCC(=O)NNC(=O)CNc2nc3ccccc3s2)cc1. The van der Waals surface area contributed by atoms with Crippen LogP contribution >= 0.6 is 11.3 Å². The largest absolute Gasteiger partial charge is 0.352 e. The van der Waals surface area contributed by atoms with Crippen molar-refractivity contribution >= 4 is 48.5 Å². The Bertz CT molecular complexity index is 1110. The molecule has 11 heteroatoms. The van der Waals surface area contributed by atoms with Crippen molar-refractivity contribution in [1.29, 1.82) is 0 Å². The van der Waals surface area contributed by atoms with Crippen molar-refractivity contribution in [2.45, 2.75) is 18.2 Å². The van der Waals surface area contributed by atoms with Gasteiger partial charge in [-0.15, -0.1) is 0 Å². The number of carbonyl (C=O) groups is 2. The van der Waals surface area contributed by atoms with Gasteiger partial charge in [-0.1, -0.05) is 41.2 Å². The third-order valence-electron chi connectivity index (χ3n) is 4.01. The van der Waals surface area contributed by atoms with Crippen molar-refractivity contribution in [3.05, 3.63) is 54.1 Å². The molecule has 0 fully saturated rings. The molecule has 1 heterocycles. The average molecular weight is 448 g/mol. The molecule has 0 aliphatic heterocycles. The molecule has 9 nitrogen and oxygen atoms in total. The fourth-order valence-electron chi connectivity index (χ4n) is 2.45. The molecule has 0 atom stereocenters. The smallest absolute Gasteiger partial charge is 0.257 e. The number of rotatable bonds is 8. The molecule has 0 saturated heterocycles. The maximum Gasteiger partial charge on any atom is 0.257 e. The van der Waals surface area contributed by atoms with E-state index in [2.05, 4.69) is 25.9 Å². The Hall–Kier alpha value is -3.02. The van der Waals surface area contributed by atoms with Gasteiger partial charge in [-0.25, -0.2) is 18.1 Å². The van der Waals surface area contributed by atoms with Crippen LogP contribution in [-0.2, 0) is 19.6 Å². The number of nitrogens with one attached hydrogen (secondary N) is 4. The van der Waals surface area contributed by atoms with E-state index >= 15 is 0 Å². The van der Waals surface area contributed by atoms with Crippen LogP contribution in [0.3, 0.4) is 0 Å². The zero-order chi connectivity index (χ0) is 21.6. The molecule has 0 unspecified atom stereocenters. The second kappa shape index (κ2) is 9.65. The number of aryl methyl sites for hydroxylation is 1. The van der Waals surface area contributed by atoms with E-state index in [1.54, 1.807) is 12.1 Å². The monoisotopic (exact) mass is 447 g/mol. The van der Waals surface area contributed by atoms with Gasteiger partial charge in [0.25, 0.3) is 5.91 Å². The average Bonchev–Trinajstić information content (AvgIpc) is 3.14. The molecule has 0 bridgehead atoms. The third kappa shape index (κ3) is 5.99. The Labute approximate surface area is 177 Å². The number of carbonyl (C=O) groups excluding carboxylic acids is 2. The van der Waals surface area contributed by atoms with Crippen molar-refractivity contribution in [2.75, 3.05) is 18.4 Å². The van der Waals surface area contributed by atoms with E-state index in [0.717, 1.165) is 15.8 Å². The predicted octanol–water partition coefficient (Wildman–Crippen LogP) is 1.53. The highest BCUT2D eigenvalue weighted by Crippen LogP contribution is 2.24. The van der Waals surface area contributed by atoms with Gasteiger partial charge in [0, 0.05) is 13.0 Å². The van der Waals surface area contributed by atoms with E-state index in [1.807, 2.05) is 31.2 Å². The normalized spacial score (nSPS) is 11.2. The Morgan fingerprint density at radius 1 is 1.00 bits per heavy atom. The van der Waals surface area contributed by atoms with Crippen LogP contribution in [0.15, 0.2) is 53.4 Å². The van der Waals surface area contributed by atoms with Gasteiger partial charge in [-0.3, -0.25) is 20.4 Å². The molecule has 30 heavy (non-hydrogen) atoms. The van der Waals surface area contributed by atoms with E-state index in [0.29, 0.717) is 5.13 Å². The van der Waals surface area contributed by atoms with Crippen LogP contribution in [0, 0.1) is 6.92 Å². The number of hydrogen-bond acceptors (Lipinski definition) is 7. The first-order valence-electron chi connectivity index (χ1n) is 9.07. The summed E-state index contributed by atoms with van der Waals surface area (Å²) in [6.07, 6.45) is -0.128. The fourth-order valence-corrected chi connectivity index (χ4v) is 4.34. The lowest BCUT2D eigenvalue weighted by atomic mass is 10.2. The molecule has 158 valence electrons. The number of aromatic nitrogens is 1. The second-order valence-electron chi connectivity index (χ2n) is 6.40. The fraction of sp³-hybridized carbons (Fsp3) is 0.211. The highest BCUT2D eigenvalue weighted by molar-refractivity contribution is 7.89. The van der Waals surface area contributed by atoms with Gasteiger partial charge in [0.2, 0.25) is 15.9 Å². The summed E-state index contributed by atoms with van der Waals surface area (Å²) in [6, 6.07) is 14.0. The summed E-state index contributed by atoms with van der Waals surface area (Å²) in [6.45, 7) is 1.69. The Balaban J connectivity index is 1.36. The molecule has 0 saturated carbocycles. The lowest BCUT2D eigenvalue weighted by molar-refractivity contribution is -0.127. The Morgan fingerprint density at radius 3 is 2.43 bits per heavy atom. The van der Waals surface area contributed by atoms with Crippen LogP contribution in [0.25, 0.3) is 10.2 Å². The lowest BCUT2D eigenvalue weighted by Crippen LogP contribution is -2.45. The molecule has 2 amide bonds. The number of anilines is 1. The number of hydrogen-bond donors (Lipinski definition) is 4. The number of nitrogens with zero attached hydrogens (tertiary/aromatic N) is 1. The van der Waals surface area contributed by atoms with Gasteiger partial charge in [-0.05, 0) is 31.2 Å². The minimum Gasteiger partial charge on any atom is -0.352 e. The summed E-state index contributed by atoms with van der Waals surface area (Å²) < 4.78 is 27.7. The molecule has 1 aromatic heterocycles. The van der Waals surface area contributed by atoms with Crippen LogP contribution in [0.2, 0.25) is 0 Å². The first-order valence-corrected chi connectivity index (χ1v) is 11.4. The number of amides is 2. The van der Waals surface area contributed by atoms with Crippen molar-refractivity contribution in [2.24, 2.45) is 0 Å². The molecule has 3 rings (SSSR count). The summed E-state index contributed by atoms with van der Waals surface area (Å²) in [5, 5.41) is 3.50. The minimum atomic E-state index is -3.69. The molecule has 0 spiro atoms. The van der Waals surface area contributed by atoms with Gasteiger partial charge in [0.1, 0.15) is 0 Å². The van der Waals surface area contributed by atoms with Crippen LogP contribution in [0.4, 0.5) is 5.13 Å². The standard InChI is InChI=1S/C19H21N5O4S2/c1-13-6-8-14(9-7-13)30(27,28)21-11-10-17(25)23-24-18(26)12-20-19-22-15-4-2-3-5-16(15)29-19/h2-9,21H,10-12H2,1H3,(H,20,22)(H,23,25)(H,24,26). The van der Waals surface area contributed by atoms with Crippen molar-refractivity contribution < 1.29 is 18.0 Å². The van der Waals surface area contributed by atoms with Gasteiger partial charge in [-0.2, -0.15) is 0 Å². The van der Waals surface area contributed by atoms with Crippen molar-refractivity contribution in [1.82, 2.24) is 20.6 Å². The van der Waals surface area contributed by atoms with Gasteiger partial charge in [0.05, 0.1) is 21.7 Å². The highest BCUT2D eigenvalue weighted by Gasteiger charge is 2.14. The summed E-state index contributed by atoms with van der Waals surface area (Å²) in [5.74, 6) is -0.974. The zero-order valence-electron chi connectivity index (χ0n) is 16.1. The third-order valence-corrected chi connectivity index (χ3v) is 6.48. The number of fused-ring (bicyclic) bond motifs is 1. The number of hydrazine groups is 1. The molecule has 3 aromatic rings. The van der Waals surface area contributed by atoms with E-state index in [9.17, 15) is 18.0 Å². The number of benzene rings is 2. The van der Waals surface area contributed by atoms with Crippen molar-refractivity contribution in [3.8, 4) is 0 Å². The van der Waals surface area contributed by atoms with Crippen LogP contribution < -0.4 is 20.9 Å². The van der Waals surface area contributed by atoms with Gasteiger partial charge in [0.15, 0.2) is 5.13 Å². The Kier molecular flexibility index (Phi) is 6.98. The van der Waals surface area contributed by atoms with E-state index in [4.69, 9.17) is 0 Å². The van der Waals surface area contributed by atoms with Gasteiger partial charge >= 0.3 is 0 Å². The minimum absolute atomic E-state index is 0.0693. The molecule has 0 aliphatic carbocycles. The topological polar surface area (TPSA) is 129 Å². The molecule has 0 aliphatic rings. The summed E-state index contributed by atoms with van der Waals surface area (Å²) in [4.78, 5) is 28.1. The maximum atomic E-state index is 12.1. The molecule has 0 radical (unpaired) electrons. The summed E-state index contributed by atoms with van der Waals surface area (Å²) in [5.41, 5.74) is 6.30. The molecular weight excluding hydrogens is 426 g/mol. The summed E-state index contributed by atoms with van der Waals surface area (Å²) >= 11 is 1.42. The Morgan fingerprint density at radius 2 is 1.70 bits per heavy atom. The van der Waals surface area contributed by atoms with Crippen LogP contribution in [-0.4, -0.2) is 38.3 Å². The van der Waals surface area contributed by atoms with Crippen molar-refractivity contribution in [3.63, 3.8) is 0 Å². The predicted molar refractivity (Wildman–Crippen MR) is 115 cm³/mol. The molecule has 2 aromatic carbocycles. The first-order chi connectivity index (χ1) is 14.3. The molecular formula is C19H21N5O4S2. The zero-order valence-corrected chi connectivity index (χ0v) is 17.8. The van der Waals surface area contributed by atoms with E-state index in [1.165, 1.54) is 23.5 Å². The van der Waals surface area contributed by atoms with E-state index < -0.39 is 21.8 Å². The second-order valence-corrected chi connectivity index (χ2v) is 9.20. The molecule has 4 N–H and O–H groups in total. The van der Waals surface area contributed by atoms with Gasteiger partial charge < -0.3 is 5.32 Å². The number of para-hydroxylation sites is 1.